The standard InChI is InChI=1S/C14H26O2/c1-12(15)11-14(16)13-9-7-5-3-2-4-6-8-10-13/h13-14,16H,2-11H2,1H3/t14-/m1/s1. The molecule has 1 rings (SSSR count). The first-order valence-electron chi connectivity index (χ1n) is 6.87. The first-order valence-corrected chi connectivity index (χ1v) is 6.87. The second kappa shape index (κ2) is 7.83. The van der Waals surface area contributed by atoms with Gasteiger partial charge < -0.3 is 5.11 Å². The van der Waals surface area contributed by atoms with Crippen molar-refractivity contribution < 1.29 is 9.90 Å². The molecule has 1 aliphatic carbocycles. The van der Waals surface area contributed by atoms with Crippen molar-refractivity contribution in [1.29, 1.82) is 0 Å². The van der Waals surface area contributed by atoms with Crippen LogP contribution in [0.3, 0.4) is 0 Å². The Balaban J connectivity index is 2.37. The lowest BCUT2D eigenvalue weighted by atomic mass is 9.86. The minimum Gasteiger partial charge on any atom is -0.392 e. The molecule has 0 aromatic heterocycles. The summed E-state index contributed by atoms with van der Waals surface area (Å²) in [4.78, 5) is 11.0. The minimum atomic E-state index is -0.392. The summed E-state index contributed by atoms with van der Waals surface area (Å²) in [5, 5.41) is 10.0. The van der Waals surface area contributed by atoms with E-state index in [0.29, 0.717) is 12.3 Å². The molecule has 0 aromatic carbocycles. The molecule has 1 atom stereocenters. The number of Topliss-reactive ketones (excluding diaryl/α,β-unsaturated/α-hetero) is 1. The molecule has 1 N–H and O–H groups in total. The van der Waals surface area contributed by atoms with Crippen LogP contribution in [0.5, 0.6) is 0 Å². The van der Waals surface area contributed by atoms with Gasteiger partial charge >= 0.3 is 0 Å². The predicted octanol–water partition coefficient (Wildman–Crippen LogP) is 3.47. The highest BCUT2D eigenvalue weighted by Crippen LogP contribution is 2.25. The topological polar surface area (TPSA) is 37.3 Å². The normalized spacial score (nSPS) is 22.6. The summed E-state index contributed by atoms with van der Waals surface area (Å²) in [7, 11) is 0. The molecule has 0 bridgehead atoms. The molecular formula is C14H26O2. The first-order chi connectivity index (χ1) is 7.70. The van der Waals surface area contributed by atoms with Crippen LogP contribution in [-0.2, 0) is 4.79 Å². The summed E-state index contributed by atoms with van der Waals surface area (Å²) in [6.45, 7) is 1.57. The second-order valence-electron chi connectivity index (χ2n) is 5.29. The molecule has 0 saturated heterocycles. The van der Waals surface area contributed by atoms with Gasteiger partial charge in [-0.2, -0.15) is 0 Å². The summed E-state index contributed by atoms with van der Waals surface area (Å²) in [6.07, 6.45) is 11.3. The molecule has 1 aliphatic rings. The van der Waals surface area contributed by atoms with Gasteiger partial charge in [-0.15, -0.1) is 0 Å². The fourth-order valence-electron chi connectivity index (χ4n) is 2.69. The van der Waals surface area contributed by atoms with Gasteiger partial charge in [-0.05, 0) is 25.7 Å². The number of hydrogen-bond donors (Lipinski definition) is 1. The Kier molecular flexibility index (Phi) is 6.70. The maximum atomic E-state index is 11.0. The number of carbonyl (C=O) groups is 1. The molecule has 0 radical (unpaired) electrons. The largest absolute Gasteiger partial charge is 0.392 e. The molecule has 1 saturated carbocycles. The maximum Gasteiger partial charge on any atom is 0.132 e. The van der Waals surface area contributed by atoms with Crippen LogP contribution in [0.1, 0.15) is 71.1 Å². The molecule has 1 fully saturated rings. The van der Waals surface area contributed by atoms with Crippen molar-refractivity contribution in [2.75, 3.05) is 0 Å². The monoisotopic (exact) mass is 226 g/mol. The summed E-state index contributed by atoms with van der Waals surface area (Å²) in [6, 6.07) is 0. The second-order valence-corrected chi connectivity index (χ2v) is 5.29. The lowest BCUT2D eigenvalue weighted by Crippen LogP contribution is -2.23. The van der Waals surface area contributed by atoms with E-state index >= 15 is 0 Å². The van der Waals surface area contributed by atoms with Crippen LogP contribution >= 0.6 is 0 Å². The zero-order valence-corrected chi connectivity index (χ0v) is 10.6. The van der Waals surface area contributed by atoms with Gasteiger partial charge in [-0.25, -0.2) is 0 Å². The molecule has 2 nitrogen and oxygen atoms in total. The minimum absolute atomic E-state index is 0.115. The third-order valence-corrected chi connectivity index (χ3v) is 3.69. The highest BCUT2D eigenvalue weighted by Gasteiger charge is 2.20. The molecule has 94 valence electrons. The molecule has 0 unspecified atom stereocenters. The van der Waals surface area contributed by atoms with Crippen molar-refractivity contribution in [1.82, 2.24) is 0 Å². The predicted molar refractivity (Wildman–Crippen MR) is 66.3 cm³/mol. The number of rotatable bonds is 3. The third kappa shape index (κ3) is 5.64. The molecular weight excluding hydrogens is 200 g/mol. The lowest BCUT2D eigenvalue weighted by molar-refractivity contribution is -0.119. The SMILES string of the molecule is CC(=O)C[C@@H](O)C1CCCCCCCCC1. The highest BCUT2D eigenvalue weighted by atomic mass is 16.3. The van der Waals surface area contributed by atoms with E-state index in [9.17, 15) is 9.90 Å². The van der Waals surface area contributed by atoms with Crippen LogP contribution in [0.25, 0.3) is 0 Å². The highest BCUT2D eigenvalue weighted by molar-refractivity contribution is 5.75. The number of ketones is 1. The Morgan fingerprint density at radius 1 is 1.06 bits per heavy atom. The number of aliphatic hydroxyl groups excluding tert-OH is 1. The van der Waals surface area contributed by atoms with Crippen LogP contribution in [-0.4, -0.2) is 17.0 Å². The van der Waals surface area contributed by atoms with Gasteiger partial charge in [0.25, 0.3) is 0 Å². The molecule has 0 amide bonds. The van der Waals surface area contributed by atoms with Crippen LogP contribution in [0.4, 0.5) is 0 Å². The zero-order chi connectivity index (χ0) is 11.8. The average molecular weight is 226 g/mol. The van der Waals surface area contributed by atoms with Crippen molar-refractivity contribution >= 4 is 5.78 Å². The number of aliphatic hydroxyl groups is 1. The van der Waals surface area contributed by atoms with Crippen LogP contribution in [0.15, 0.2) is 0 Å². The van der Waals surface area contributed by atoms with E-state index in [2.05, 4.69) is 0 Å². The van der Waals surface area contributed by atoms with Crippen molar-refractivity contribution in [3.05, 3.63) is 0 Å². The van der Waals surface area contributed by atoms with Gasteiger partial charge in [0.15, 0.2) is 0 Å². The van der Waals surface area contributed by atoms with E-state index in [0.717, 1.165) is 12.8 Å². The summed E-state index contributed by atoms with van der Waals surface area (Å²) in [5.74, 6) is 0.478. The van der Waals surface area contributed by atoms with Crippen LogP contribution in [0, 0.1) is 5.92 Å². The Bertz CT molecular complexity index is 191. The van der Waals surface area contributed by atoms with E-state index in [1.54, 1.807) is 6.92 Å². The number of carbonyl (C=O) groups excluding carboxylic acids is 1. The molecule has 0 spiro atoms. The van der Waals surface area contributed by atoms with Gasteiger partial charge in [-0.3, -0.25) is 4.79 Å². The summed E-state index contributed by atoms with van der Waals surface area (Å²) in [5.41, 5.74) is 0. The Morgan fingerprint density at radius 2 is 1.50 bits per heavy atom. The molecule has 0 heterocycles. The van der Waals surface area contributed by atoms with Gasteiger partial charge in [0.1, 0.15) is 5.78 Å². The van der Waals surface area contributed by atoms with Gasteiger partial charge in [0.2, 0.25) is 0 Å². The Hall–Kier alpha value is -0.370. The smallest absolute Gasteiger partial charge is 0.132 e. The maximum absolute atomic E-state index is 11.0. The van der Waals surface area contributed by atoms with Gasteiger partial charge in [0, 0.05) is 6.42 Å². The number of hydrogen-bond acceptors (Lipinski definition) is 2. The molecule has 0 aromatic rings. The quantitative estimate of drug-likeness (QED) is 0.800. The molecule has 0 aliphatic heterocycles. The third-order valence-electron chi connectivity index (χ3n) is 3.69. The van der Waals surface area contributed by atoms with Crippen molar-refractivity contribution in [2.45, 2.75) is 77.2 Å². The molecule has 16 heavy (non-hydrogen) atoms. The van der Waals surface area contributed by atoms with Gasteiger partial charge in [0.05, 0.1) is 6.10 Å². The summed E-state index contributed by atoms with van der Waals surface area (Å²) < 4.78 is 0. The summed E-state index contributed by atoms with van der Waals surface area (Å²) >= 11 is 0. The Labute approximate surface area is 99.4 Å². The van der Waals surface area contributed by atoms with Crippen LogP contribution < -0.4 is 0 Å². The fourth-order valence-corrected chi connectivity index (χ4v) is 2.69. The fraction of sp³-hybridized carbons (Fsp3) is 0.929. The van der Waals surface area contributed by atoms with Crippen LogP contribution in [0.2, 0.25) is 0 Å². The van der Waals surface area contributed by atoms with Gasteiger partial charge in [-0.1, -0.05) is 44.9 Å². The van der Waals surface area contributed by atoms with Crippen molar-refractivity contribution in [3.63, 3.8) is 0 Å². The first kappa shape index (κ1) is 13.7. The Morgan fingerprint density at radius 3 is 1.94 bits per heavy atom. The van der Waals surface area contributed by atoms with Crippen molar-refractivity contribution in [3.8, 4) is 0 Å². The van der Waals surface area contributed by atoms with E-state index in [-0.39, 0.29) is 5.78 Å². The van der Waals surface area contributed by atoms with Crippen molar-refractivity contribution in [2.24, 2.45) is 5.92 Å². The lowest BCUT2D eigenvalue weighted by Gasteiger charge is -2.23. The molecule has 2 heteroatoms. The van der Waals surface area contributed by atoms with E-state index in [1.807, 2.05) is 0 Å². The van der Waals surface area contributed by atoms with E-state index in [4.69, 9.17) is 0 Å². The zero-order valence-electron chi connectivity index (χ0n) is 10.6. The average Bonchev–Trinajstić information content (AvgIpc) is 2.24. The van der Waals surface area contributed by atoms with E-state index < -0.39 is 6.10 Å². The van der Waals surface area contributed by atoms with E-state index in [1.165, 1.54) is 44.9 Å².